The van der Waals surface area contributed by atoms with Crippen LogP contribution >= 0.6 is 0 Å². The van der Waals surface area contributed by atoms with E-state index in [0.29, 0.717) is 13.3 Å². The molecule has 0 unspecified atom stereocenters. The van der Waals surface area contributed by atoms with E-state index in [-0.39, 0.29) is 0 Å². The first-order valence-electron chi connectivity index (χ1n) is 4.62. The van der Waals surface area contributed by atoms with Crippen molar-refractivity contribution in [2.75, 3.05) is 13.3 Å². The topological polar surface area (TPSA) is 24.8 Å². The Balaban J connectivity index is 2.15. The van der Waals surface area contributed by atoms with Crippen LogP contribution in [0.5, 0.6) is 0 Å². The molecule has 0 spiro atoms. The molecule has 3 rings (SSSR count). The number of hydrogen-bond acceptors (Lipinski definition) is 3. The van der Waals surface area contributed by atoms with Gasteiger partial charge in [-0.1, -0.05) is 24.3 Å². The van der Waals surface area contributed by atoms with E-state index in [1.54, 1.807) is 0 Å². The average Bonchev–Trinajstić information content (AvgIpc) is 2.58. The van der Waals surface area contributed by atoms with Gasteiger partial charge in [0.2, 0.25) is 0 Å². The second-order valence-electron chi connectivity index (χ2n) is 3.39. The molecular weight excluding hydrogens is 176 g/mol. The van der Waals surface area contributed by atoms with E-state index < -0.39 is 0 Å². The van der Waals surface area contributed by atoms with Crippen LogP contribution in [0.15, 0.2) is 35.1 Å². The Kier molecular flexibility index (Phi) is 1.64. The monoisotopic (exact) mass is 186 g/mol. The van der Waals surface area contributed by atoms with Gasteiger partial charge in [0.25, 0.3) is 0 Å². The SMILES string of the molecule is C1=NN2COCC2=Cc2ccccc21. The van der Waals surface area contributed by atoms with Crippen molar-refractivity contribution in [2.45, 2.75) is 0 Å². The summed E-state index contributed by atoms with van der Waals surface area (Å²) in [4.78, 5) is 0. The fourth-order valence-electron chi connectivity index (χ4n) is 1.69. The first-order valence-corrected chi connectivity index (χ1v) is 4.62. The molecule has 3 nitrogen and oxygen atoms in total. The third-order valence-electron chi connectivity index (χ3n) is 2.45. The standard InChI is InChI=1S/C11H10N2O/c1-2-4-10-6-12-13-8-14-7-11(13)5-9(10)3-1/h1-6H,7-8H2. The molecule has 3 heteroatoms. The van der Waals surface area contributed by atoms with Crippen molar-refractivity contribution in [1.29, 1.82) is 0 Å². The minimum atomic E-state index is 0.566. The molecule has 0 atom stereocenters. The van der Waals surface area contributed by atoms with Gasteiger partial charge >= 0.3 is 0 Å². The van der Waals surface area contributed by atoms with E-state index in [2.05, 4.69) is 23.3 Å². The predicted molar refractivity (Wildman–Crippen MR) is 54.7 cm³/mol. The van der Waals surface area contributed by atoms with Crippen LogP contribution in [0.4, 0.5) is 0 Å². The Hall–Kier alpha value is -1.61. The zero-order valence-corrected chi connectivity index (χ0v) is 7.68. The Morgan fingerprint density at radius 2 is 2.07 bits per heavy atom. The zero-order chi connectivity index (χ0) is 9.38. The highest BCUT2D eigenvalue weighted by Crippen LogP contribution is 2.21. The summed E-state index contributed by atoms with van der Waals surface area (Å²) in [5, 5.41) is 6.23. The van der Waals surface area contributed by atoms with Crippen molar-refractivity contribution in [3.63, 3.8) is 0 Å². The van der Waals surface area contributed by atoms with Gasteiger partial charge < -0.3 is 4.74 Å². The molecule has 1 saturated heterocycles. The van der Waals surface area contributed by atoms with Gasteiger partial charge in [-0.3, -0.25) is 0 Å². The van der Waals surface area contributed by atoms with Crippen molar-refractivity contribution in [1.82, 2.24) is 5.01 Å². The van der Waals surface area contributed by atoms with E-state index in [4.69, 9.17) is 4.74 Å². The van der Waals surface area contributed by atoms with E-state index in [1.807, 2.05) is 23.4 Å². The van der Waals surface area contributed by atoms with E-state index in [0.717, 1.165) is 11.3 Å². The lowest BCUT2D eigenvalue weighted by atomic mass is 10.1. The maximum absolute atomic E-state index is 5.31. The molecule has 1 fully saturated rings. The third-order valence-corrected chi connectivity index (χ3v) is 2.45. The number of rotatable bonds is 0. The van der Waals surface area contributed by atoms with Crippen molar-refractivity contribution < 1.29 is 4.74 Å². The summed E-state index contributed by atoms with van der Waals surface area (Å²) < 4.78 is 5.31. The number of benzene rings is 1. The molecule has 0 aliphatic carbocycles. The summed E-state index contributed by atoms with van der Waals surface area (Å²) in [7, 11) is 0. The van der Waals surface area contributed by atoms with Crippen molar-refractivity contribution in [3.05, 3.63) is 41.1 Å². The van der Waals surface area contributed by atoms with Crippen LogP contribution in [0.3, 0.4) is 0 Å². The molecule has 2 aliphatic heterocycles. The van der Waals surface area contributed by atoms with Gasteiger partial charge in [0.05, 0.1) is 18.5 Å². The van der Waals surface area contributed by atoms with E-state index in [1.165, 1.54) is 5.56 Å². The second kappa shape index (κ2) is 2.96. The highest BCUT2D eigenvalue weighted by atomic mass is 16.5. The molecule has 14 heavy (non-hydrogen) atoms. The minimum absolute atomic E-state index is 0.566. The largest absolute Gasteiger partial charge is 0.353 e. The van der Waals surface area contributed by atoms with Crippen LogP contribution in [0, 0.1) is 0 Å². The predicted octanol–water partition coefficient (Wildman–Crippen LogP) is 1.66. The van der Waals surface area contributed by atoms with Gasteiger partial charge in [0.15, 0.2) is 0 Å². The summed E-state index contributed by atoms with van der Waals surface area (Å²) in [5.74, 6) is 0. The summed E-state index contributed by atoms with van der Waals surface area (Å²) in [6, 6.07) is 8.22. The number of hydrogen-bond donors (Lipinski definition) is 0. The van der Waals surface area contributed by atoms with Crippen molar-refractivity contribution >= 4 is 12.3 Å². The van der Waals surface area contributed by atoms with Crippen LogP contribution in [-0.4, -0.2) is 24.6 Å². The first kappa shape index (κ1) is 7.76. The number of fused-ring (bicyclic) bond motifs is 2. The molecule has 1 aromatic carbocycles. The Bertz CT molecular complexity index is 423. The van der Waals surface area contributed by atoms with Gasteiger partial charge in [-0.15, -0.1) is 0 Å². The molecular formula is C11H10N2O. The molecule has 70 valence electrons. The second-order valence-corrected chi connectivity index (χ2v) is 3.39. The molecule has 0 amide bonds. The average molecular weight is 186 g/mol. The van der Waals surface area contributed by atoms with Gasteiger partial charge in [0, 0.05) is 5.56 Å². The smallest absolute Gasteiger partial charge is 0.140 e. The fraction of sp³-hybridized carbons (Fsp3) is 0.182. The quantitative estimate of drug-likeness (QED) is 0.615. The third kappa shape index (κ3) is 1.14. The zero-order valence-electron chi connectivity index (χ0n) is 7.68. The van der Waals surface area contributed by atoms with E-state index in [9.17, 15) is 0 Å². The molecule has 2 heterocycles. The maximum Gasteiger partial charge on any atom is 0.140 e. The number of ether oxygens (including phenoxy) is 1. The van der Waals surface area contributed by atoms with Gasteiger partial charge in [-0.25, -0.2) is 5.01 Å². The highest BCUT2D eigenvalue weighted by molar-refractivity contribution is 5.86. The van der Waals surface area contributed by atoms with Crippen molar-refractivity contribution in [2.24, 2.45) is 5.10 Å². The lowest BCUT2D eigenvalue weighted by Crippen LogP contribution is -2.09. The fourth-order valence-corrected chi connectivity index (χ4v) is 1.69. The molecule has 0 radical (unpaired) electrons. The van der Waals surface area contributed by atoms with Gasteiger partial charge in [-0.05, 0) is 11.6 Å². The summed E-state index contributed by atoms with van der Waals surface area (Å²) >= 11 is 0. The summed E-state index contributed by atoms with van der Waals surface area (Å²) in [6.45, 7) is 1.22. The minimum Gasteiger partial charge on any atom is -0.353 e. The Labute approximate surface area is 82.3 Å². The lowest BCUT2D eigenvalue weighted by Gasteiger charge is -2.07. The van der Waals surface area contributed by atoms with Crippen LogP contribution in [0.1, 0.15) is 11.1 Å². The molecule has 1 aromatic rings. The Morgan fingerprint density at radius 3 is 3.00 bits per heavy atom. The lowest BCUT2D eigenvalue weighted by molar-refractivity contribution is 0.144. The molecule has 0 saturated carbocycles. The van der Waals surface area contributed by atoms with Gasteiger partial charge in [0.1, 0.15) is 6.73 Å². The van der Waals surface area contributed by atoms with Crippen LogP contribution < -0.4 is 0 Å². The van der Waals surface area contributed by atoms with Gasteiger partial charge in [-0.2, -0.15) is 5.10 Å². The Morgan fingerprint density at radius 1 is 1.21 bits per heavy atom. The molecule has 0 bridgehead atoms. The molecule has 0 aromatic heterocycles. The summed E-state index contributed by atoms with van der Waals surface area (Å²) in [5.41, 5.74) is 3.50. The normalized spacial score (nSPS) is 18.6. The van der Waals surface area contributed by atoms with Crippen LogP contribution in [-0.2, 0) is 4.74 Å². The first-order chi connectivity index (χ1) is 6.93. The molecule has 2 aliphatic rings. The van der Waals surface area contributed by atoms with Crippen LogP contribution in [0.2, 0.25) is 0 Å². The number of nitrogens with zero attached hydrogens (tertiary/aromatic N) is 2. The summed E-state index contributed by atoms with van der Waals surface area (Å²) in [6.07, 6.45) is 4.02. The number of hydrazone groups is 1. The molecule has 0 N–H and O–H groups in total. The highest BCUT2D eigenvalue weighted by Gasteiger charge is 2.18. The van der Waals surface area contributed by atoms with Crippen LogP contribution in [0.25, 0.3) is 6.08 Å². The maximum atomic E-state index is 5.31. The van der Waals surface area contributed by atoms with E-state index >= 15 is 0 Å². The van der Waals surface area contributed by atoms with Crippen molar-refractivity contribution in [3.8, 4) is 0 Å².